The minimum Gasteiger partial charge on any atom is -0.298 e. The first-order valence-corrected chi connectivity index (χ1v) is 6.30. The summed E-state index contributed by atoms with van der Waals surface area (Å²) < 4.78 is 2.50. The molecule has 0 aliphatic carbocycles. The van der Waals surface area contributed by atoms with Crippen molar-refractivity contribution in [3.63, 3.8) is 0 Å². The van der Waals surface area contributed by atoms with Gasteiger partial charge < -0.3 is 0 Å². The third-order valence-electron chi connectivity index (χ3n) is 2.87. The lowest BCUT2D eigenvalue weighted by molar-refractivity contribution is 0.835. The highest BCUT2D eigenvalue weighted by Gasteiger charge is 2.07. The van der Waals surface area contributed by atoms with Crippen LogP contribution in [-0.4, -0.2) is 19.7 Å². The molecule has 0 bridgehead atoms. The zero-order chi connectivity index (χ0) is 13.2. The molecule has 0 aromatic carbocycles. The molecule has 3 aromatic rings. The third-order valence-corrected chi connectivity index (χ3v) is 3.28. The van der Waals surface area contributed by atoms with Gasteiger partial charge in [0.25, 0.3) is 0 Å². The van der Waals surface area contributed by atoms with Crippen LogP contribution in [0.15, 0.2) is 49.1 Å². The number of halogens is 1. The van der Waals surface area contributed by atoms with Crippen LogP contribution in [0.4, 0.5) is 0 Å². The first kappa shape index (κ1) is 14.4. The van der Waals surface area contributed by atoms with Crippen molar-refractivity contribution in [2.24, 2.45) is 0 Å². The second-order valence-corrected chi connectivity index (χ2v) is 4.65. The highest BCUT2D eigenvalue weighted by molar-refractivity contribution is 7.71. The molecule has 0 aliphatic rings. The van der Waals surface area contributed by atoms with Crippen LogP contribution in [0.1, 0.15) is 5.56 Å². The summed E-state index contributed by atoms with van der Waals surface area (Å²) in [4.78, 5) is 8.44. The number of rotatable bonds is 2. The van der Waals surface area contributed by atoms with Gasteiger partial charge in [-0.15, -0.1) is 12.4 Å². The predicted octanol–water partition coefficient (Wildman–Crippen LogP) is 3.72. The average Bonchev–Trinajstić information content (AvgIpc) is 2.81. The minimum absolute atomic E-state index is 0. The fourth-order valence-corrected chi connectivity index (χ4v) is 2.23. The van der Waals surface area contributed by atoms with Crippen LogP contribution in [-0.2, 0) is 0 Å². The zero-order valence-electron chi connectivity index (χ0n) is 10.8. The van der Waals surface area contributed by atoms with E-state index in [2.05, 4.69) is 15.1 Å². The van der Waals surface area contributed by atoms with Crippen LogP contribution in [0, 0.1) is 11.6 Å². The highest BCUT2D eigenvalue weighted by Crippen LogP contribution is 2.20. The lowest BCUT2D eigenvalue weighted by atomic mass is 10.2. The van der Waals surface area contributed by atoms with Crippen LogP contribution in [0.3, 0.4) is 0 Å². The number of aromatic amines is 1. The molecule has 102 valence electrons. The molecule has 0 aliphatic heterocycles. The molecule has 3 heterocycles. The number of aromatic nitrogens is 4. The predicted molar refractivity (Wildman–Crippen MR) is 84.0 cm³/mol. The van der Waals surface area contributed by atoms with E-state index < -0.39 is 0 Å². The Morgan fingerprint density at radius 1 is 1.25 bits per heavy atom. The van der Waals surface area contributed by atoms with Gasteiger partial charge in [0, 0.05) is 35.9 Å². The van der Waals surface area contributed by atoms with E-state index in [0.717, 1.165) is 22.5 Å². The molecular weight excluding hydrogens is 292 g/mol. The molecule has 0 saturated carbocycles. The molecule has 0 unspecified atom stereocenters. The third kappa shape index (κ3) is 2.64. The fraction of sp³-hybridized carbons (Fsp3) is 0.0714. The molecule has 3 rings (SSSR count). The normalized spacial score (nSPS) is 10.1. The molecule has 4 nitrogen and oxygen atoms in total. The van der Waals surface area contributed by atoms with E-state index in [1.54, 1.807) is 23.3 Å². The summed E-state index contributed by atoms with van der Waals surface area (Å²) >= 11 is 5.50. The smallest absolute Gasteiger partial charge is 0.152 e. The highest BCUT2D eigenvalue weighted by atomic mass is 35.5. The maximum absolute atomic E-state index is 5.50. The van der Waals surface area contributed by atoms with E-state index in [1.807, 2.05) is 37.4 Å². The Morgan fingerprint density at radius 3 is 2.80 bits per heavy atom. The molecule has 0 radical (unpaired) electrons. The fourth-order valence-electron chi connectivity index (χ4n) is 1.91. The minimum atomic E-state index is 0. The Labute approximate surface area is 127 Å². The Bertz CT molecular complexity index is 764. The van der Waals surface area contributed by atoms with E-state index in [9.17, 15) is 0 Å². The van der Waals surface area contributed by atoms with Gasteiger partial charge in [0.05, 0.1) is 0 Å². The molecule has 0 amide bonds. The zero-order valence-corrected chi connectivity index (χ0v) is 12.4. The second kappa shape index (κ2) is 5.98. The van der Waals surface area contributed by atoms with Crippen LogP contribution in [0.2, 0.25) is 0 Å². The monoisotopic (exact) mass is 304 g/mol. The maximum Gasteiger partial charge on any atom is 0.152 e. The topological polar surface area (TPSA) is 46.5 Å². The lowest BCUT2D eigenvalue weighted by Crippen LogP contribution is -1.99. The van der Waals surface area contributed by atoms with Gasteiger partial charge in [0.2, 0.25) is 0 Å². The number of hydrogen-bond acceptors (Lipinski definition) is 3. The maximum atomic E-state index is 5.50. The summed E-state index contributed by atoms with van der Waals surface area (Å²) in [6.45, 7) is 2.03. The van der Waals surface area contributed by atoms with E-state index >= 15 is 0 Å². The van der Waals surface area contributed by atoms with Gasteiger partial charge in [-0.25, -0.2) is 9.67 Å². The molecule has 3 aromatic heterocycles. The van der Waals surface area contributed by atoms with Crippen molar-refractivity contribution in [3.8, 4) is 16.9 Å². The van der Waals surface area contributed by atoms with E-state index in [4.69, 9.17) is 12.2 Å². The van der Waals surface area contributed by atoms with Crippen LogP contribution < -0.4 is 0 Å². The van der Waals surface area contributed by atoms with E-state index in [1.165, 1.54) is 0 Å². The molecule has 6 heteroatoms. The summed E-state index contributed by atoms with van der Waals surface area (Å²) in [6, 6.07) is 7.82. The molecule has 1 N–H and O–H groups in total. The number of hydrogen-bond donors (Lipinski definition) is 1. The summed E-state index contributed by atoms with van der Waals surface area (Å²) in [5.74, 6) is 0.792. The Balaban J connectivity index is 0.00000147. The summed E-state index contributed by atoms with van der Waals surface area (Å²) in [6.07, 6.45) is 7.20. The van der Waals surface area contributed by atoms with Crippen molar-refractivity contribution < 1.29 is 0 Å². The standard InChI is InChI=1S/C14H12N4S.ClH/c1-10-4-6-16-13(7-10)18-14(19)12(9-17-18)11-3-2-5-15-8-11;/h2-9,17H,1H3;1H. The first-order chi connectivity index (χ1) is 9.25. The van der Waals surface area contributed by atoms with Crippen LogP contribution in [0.5, 0.6) is 0 Å². The number of nitrogens with zero attached hydrogens (tertiary/aromatic N) is 3. The van der Waals surface area contributed by atoms with Crippen molar-refractivity contribution in [3.05, 3.63) is 59.3 Å². The van der Waals surface area contributed by atoms with Crippen molar-refractivity contribution in [1.82, 2.24) is 19.7 Å². The molecule has 20 heavy (non-hydrogen) atoms. The molecule has 0 fully saturated rings. The number of H-pyrrole nitrogens is 1. The molecule has 0 spiro atoms. The van der Waals surface area contributed by atoms with Crippen molar-refractivity contribution in [2.45, 2.75) is 6.92 Å². The SMILES string of the molecule is Cc1ccnc(-n2[nH]cc(-c3cccnc3)c2=S)c1.Cl. The molecular formula is C14H13ClN4S. The van der Waals surface area contributed by atoms with Crippen LogP contribution in [0.25, 0.3) is 16.9 Å². The average molecular weight is 305 g/mol. The van der Waals surface area contributed by atoms with Crippen LogP contribution >= 0.6 is 24.6 Å². The van der Waals surface area contributed by atoms with Gasteiger partial charge >= 0.3 is 0 Å². The molecule has 0 saturated heterocycles. The van der Waals surface area contributed by atoms with E-state index in [-0.39, 0.29) is 12.4 Å². The van der Waals surface area contributed by atoms with Crippen molar-refractivity contribution >= 4 is 24.6 Å². The van der Waals surface area contributed by atoms with Gasteiger partial charge in [-0.3, -0.25) is 10.1 Å². The van der Waals surface area contributed by atoms with Gasteiger partial charge in [0.1, 0.15) is 4.64 Å². The lowest BCUT2D eigenvalue weighted by Gasteiger charge is -2.02. The molecule has 0 atom stereocenters. The van der Waals surface area contributed by atoms with Gasteiger partial charge in [-0.05, 0) is 30.7 Å². The largest absolute Gasteiger partial charge is 0.298 e. The second-order valence-electron chi connectivity index (χ2n) is 4.26. The van der Waals surface area contributed by atoms with Crippen molar-refractivity contribution in [1.29, 1.82) is 0 Å². The van der Waals surface area contributed by atoms with Gasteiger partial charge in [-0.1, -0.05) is 18.3 Å². The number of aryl methyl sites for hydroxylation is 1. The summed E-state index contributed by atoms with van der Waals surface area (Å²) in [7, 11) is 0. The summed E-state index contributed by atoms with van der Waals surface area (Å²) in [5.41, 5.74) is 3.09. The summed E-state index contributed by atoms with van der Waals surface area (Å²) in [5, 5.41) is 3.14. The van der Waals surface area contributed by atoms with Gasteiger partial charge in [0.15, 0.2) is 5.82 Å². The Morgan fingerprint density at radius 2 is 2.10 bits per heavy atom. The number of nitrogens with one attached hydrogen (secondary N) is 1. The van der Waals surface area contributed by atoms with Gasteiger partial charge in [-0.2, -0.15) is 0 Å². The number of pyridine rings is 2. The Hall–Kier alpha value is -1.98. The van der Waals surface area contributed by atoms with E-state index in [0.29, 0.717) is 4.64 Å². The Kier molecular flexibility index (Phi) is 4.32. The van der Waals surface area contributed by atoms with Crippen molar-refractivity contribution in [2.75, 3.05) is 0 Å². The quantitative estimate of drug-likeness (QED) is 0.734. The first-order valence-electron chi connectivity index (χ1n) is 5.89.